The first kappa shape index (κ1) is 16.0. The molecule has 4 heteroatoms. The van der Waals surface area contributed by atoms with Crippen molar-refractivity contribution in [3.05, 3.63) is 36.1 Å². The van der Waals surface area contributed by atoms with E-state index in [0.29, 0.717) is 19.8 Å². The molecular formula is C17H25NO3. The molecule has 116 valence electrons. The van der Waals surface area contributed by atoms with Crippen LogP contribution >= 0.6 is 0 Å². The highest BCUT2D eigenvalue weighted by Gasteiger charge is 2.17. The van der Waals surface area contributed by atoms with Crippen molar-refractivity contribution in [3.8, 4) is 0 Å². The molecule has 0 bridgehead atoms. The van der Waals surface area contributed by atoms with E-state index in [2.05, 4.69) is 24.4 Å². The zero-order valence-corrected chi connectivity index (χ0v) is 13.1. The fraction of sp³-hybridized carbons (Fsp3) is 0.529. The minimum Gasteiger partial charge on any atom is -0.459 e. The van der Waals surface area contributed by atoms with Crippen molar-refractivity contribution >= 4 is 11.0 Å². The topological polar surface area (TPSA) is 43.6 Å². The first-order valence-corrected chi connectivity index (χ1v) is 7.65. The van der Waals surface area contributed by atoms with E-state index >= 15 is 0 Å². The van der Waals surface area contributed by atoms with Crippen molar-refractivity contribution in [3.63, 3.8) is 0 Å². The summed E-state index contributed by atoms with van der Waals surface area (Å²) in [5.74, 6) is 0.918. The Morgan fingerprint density at radius 1 is 1.19 bits per heavy atom. The largest absolute Gasteiger partial charge is 0.459 e. The van der Waals surface area contributed by atoms with Crippen LogP contribution in [0.5, 0.6) is 0 Å². The molecule has 0 aliphatic carbocycles. The Morgan fingerprint density at radius 2 is 2.00 bits per heavy atom. The van der Waals surface area contributed by atoms with Crippen LogP contribution in [0.2, 0.25) is 0 Å². The van der Waals surface area contributed by atoms with Gasteiger partial charge in [0.25, 0.3) is 0 Å². The number of fused-ring (bicyclic) bond motifs is 1. The molecule has 2 atom stereocenters. The number of hydrogen-bond acceptors (Lipinski definition) is 4. The van der Waals surface area contributed by atoms with Gasteiger partial charge in [0.15, 0.2) is 0 Å². The predicted molar refractivity (Wildman–Crippen MR) is 84.5 cm³/mol. The van der Waals surface area contributed by atoms with E-state index in [1.54, 1.807) is 0 Å². The summed E-state index contributed by atoms with van der Waals surface area (Å²) in [6.45, 7) is 8.87. The molecule has 2 aromatic rings. The minimum atomic E-state index is 0.0616. The summed E-state index contributed by atoms with van der Waals surface area (Å²) < 4.78 is 17.2. The maximum atomic E-state index is 5.92. The van der Waals surface area contributed by atoms with E-state index in [0.717, 1.165) is 23.3 Å². The van der Waals surface area contributed by atoms with Crippen molar-refractivity contribution in [2.75, 3.05) is 26.4 Å². The molecule has 0 aliphatic heterocycles. The maximum Gasteiger partial charge on any atom is 0.134 e. The summed E-state index contributed by atoms with van der Waals surface area (Å²) in [6.07, 6.45) is 0.0792. The number of rotatable bonds is 9. The molecular weight excluding hydrogens is 266 g/mol. The average Bonchev–Trinajstić information content (AvgIpc) is 2.93. The van der Waals surface area contributed by atoms with E-state index in [1.807, 2.05) is 32.0 Å². The van der Waals surface area contributed by atoms with Gasteiger partial charge in [0, 0.05) is 12.0 Å². The second-order valence-electron chi connectivity index (χ2n) is 5.10. The lowest BCUT2D eigenvalue weighted by atomic mass is 10.2. The van der Waals surface area contributed by atoms with Crippen LogP contribution in [0.15, 0.2) is 34.7 Å². The number of hydrogen-bond donors (Lipinski definition) is 1. The normalized spacial score (nSPS) is 14.4. The second-order valence-corrected chi connectivity index (χ2v) is 5.10. The van der Waals surface area contributed by atoms with Gasteiger partial charge in [-0.2, -0.15) is 0 Å². The Labute approximate surface area is 126 Å². The zero-order chi connectivity index (χ0) is 15.1. The Bertz CT molecular complexity index is 505. The van der Waals surface area contributed by atoms with Gasteiger partial charge >= 0.3 is 0 Å². The number of benzene rings is 1. The van der Waals surface area contributed by atoms with Crippen molar-refractivity contribution in [2.45, 2.75) is 32.9 Å². The van der Waals surface area contributed by atoms with E-state index in [4.69, 9.17) is 13.9 Å². The molecule has 0 aliphatic rings. The minimum absolute atomic E-state index is 0.0616. The van der Waals surface area contributed by atoms with Crippen LogP contribution in [0.1, 0.15) is 32.6 Å². The van der Waals surface area contributed by atoms with E-state index in [9.17, 15) is 0 Å². The van der Waals surface area contributed by atoms with Gasteiger partial charge in [0.1, 0.15) is 11.3 Å². The Balaban J connectivity index is 2.00. The third kappa shape index (κ3) is 4.56. The molecule has 1 aromatic carbocycles. The van der Waals surface area contributed by atoms with Crippen LogP contribution in [0, 0.1) is 0 Å². The molecule has 0 amide bonds. The van der Waals surface area contributed by atoms with Crippen LogP contribution in [-0.2, 0) is 9.47 Å². The molecule has 21 heavy (non-hydrogen) atoms. The molecule has 0 saturated carbocycles. The maximum absolute atomic E-state index is 5.92. The van der Waals surface area contributed by atoms with Crippen LogP contribution in [0.25, 0.3) is 11.0 Å². The van der Waals surface area contributed by atoms with Crippen molar-refractivity contribution in [1.29, 1.82) is 0 Å². The lowest BCUT2D eigenvalue weighted by Gasteiger charge is -2.19. The summed E-state index contributed by atoms with van der Waals surface area (Å²) in [4.78, 5) is 0. The number of para-hydroxylation sites is 1. The lowest BCUT2D eigenvalue weighted by molar-refractivity contribution is -0.0132. The van der Waals surface area contributed by atoms with Crippen LogP contribution in [0.3, 0.4) is 0 Å². The first-order valence-electron chi connectivity index (χ1n) is 7.65. The van der Waals surface area contributed by atoms with Gasteiger partial charge in [0.05, 0.1) is 25.4 Å². The van der Waals surface area contributed by atoms with Gasteiger partial charge < -0.3 is 19.2 Å². The molecule has 0 spiro atoms. The summed E-state index contributed by atoms with van der Waals surface area (Å²) in [7, 11) is 0. The van der Waals surface area contributed by atoms with E-state index < -0.39 is 0 Å². The summed E-state index contributed by atoms with van der Waals surface area (Å²) in [5.41, 5.74) is 0.915. The Hall–Kier alpha value is -1.36. The average molecular weight is 291 g/mol. The van der Waals surface area contributed by atoms with Crippen LogP contribution in [-0.4, -0.2) is 32.5 Å². The second kappa shape index (κ2) is 8.17. The zero-order valence-electron chi connectivity index (χ0n) is 13.1. The monoisotopic (exact) mass is 291 g/mol. The van der Waals surface area contributed by atoms with Gasteiger partial charge in [0.2, 0.25) is 0 Å². The molecule has 0 radical (unpaired) electrons. The quantitative estimate of drug-likeness (QED) is 0.767. The van der Waals surface area contributed by atoms with Crippen molar-refractivity contribution in [2.24, 2.45) is 0 Å². The Kier molecular flexibility index (Phi) is 6.23. The SMILES string of the molecule is CCNC(COC(C)COCC)c1cc2ccccc2o1. The lowest BCUT2D eigenvalue weighted by Crippen LogP contribution is -2.28. The van der Waals surface area contributed by atoms with Gasteiger partial charge in [-0.25, -0.2) is 0 Å². The summed E-state index contributed by atoms with van der Waals surface area (Å²) >= 11 is 0. The standard InChI is InChI=1S/C17H25NO3/c1-4-18-15(12-20-13(3)11-19-5-2)17-10-14-8-6-7-9-16(14)21-17/h6-10,13,15,18H,4-5,11-12H2,1-3H3. The molecule has 1 heterocycles. The summed E-state index contributed by atoms with van der Waals surface area (Å²) in [6, 6.07) is 10.2. The third-order valence-corrected chi connectivity index (χ3v) is 3.34. The number of nitrogens with one attached hydrogen (secondary N) is 1. The number of likely N-dealkylation sites (N-methyl/N-ethyl adjacent to an activating group) is 1. The molecule has 4 nitrogen and oxygen atoms in total. The molecule has 2 unspecified atom stereocenters. The summed E-state index contributed by atoms with van der Waals surface area (Å²) in [5, 5.41) is 4.53. The highest BCUT2D eigenvalue weighted by atomic mass is 16.5. The number of furan rings is 1. The smallest absolute Gasteiger partial charge is 0.134 e. The molecule has 1 aromatic heterocycles. The van der Waals surface area contributed by atoms with E-state index in [1.165, 1.54) is 0 Å². The fourth-order valence-electron chi connectivity index (χ4n) is 2.25. The fourth-order valence-corrected chi connectivity index (χ4v) is 2.25. The molecule has 0 fully saturated rings. The molecule has 2 rings (SSSR count). The molecule has 1 N–H and O–H groups in total. The molecule has 0 saturated heterocycles. The van der Waals surface area contributed by atoms with E-state index in [-0.39, 0.29) is 12.1 Å². The first-order chi connectivity index (χ1) is 10.2. The van der Waals surface area contributed by atoms with Crippen molar-refractivity contribution < 1.29 is 13.9 Å². The van der Waals surface area contributed by atoms with Gasteiger partial charge in [-0.3, -0.25) is 0 Å². The predicted octanol–water partition coefficient (Wildman–Crippen LogP) is 3.53. The van der Waals surface area contributed by atoms with Gasteiger partial charge in [-0.15, -0.1) is 0 Å². The van der Waals surface area contributed by atoms with Gasteiger partial charge in [-0.05, 0) is 32.5 Å². The van der Waals surface area contributed by atoms with Gasteiger partial charge in [-0.1, -0.05) is 25.1 Å². The highest BCUT2D eigenvalue weighted by molar-refractivity contribution is 5.77. The highest BCUT2D eigenvalue weighted by Crippen LogP contribution is 2.24. The third-order valence-electron chi connectivity index (χ3n) is 3.34. The Morgan fingerprint density at radius 3 is 2.71 bits per heavy atom. The van der Waals surface area contributed by atoms with Crippen LogP contribution < -0.4 is 5.32 Å². The van der Waals surface area contributed by atoms with Crippen LogP contribution in [0.4, 0.5) is 0 Å². The van der Waals surface area contributed by atoms with Crippen molar-refractivity contribution in [1.82, 2.24) is 5.32 Å². The number of ether oxygens (including phenoxy) is 2.